The van der Waals surface area contributed by atoms with E-state index in [2.05, 4.69) is 34.8 Å². The van der Waals surface area contributed by atoms with E-state index in [1.165, 1.54) is 30.4 Å². The average molecular weight is 340 g/mol. The van der Waals surface area contributed by atoms with E-state index in [0.29, 0.717) is 12.6 Å². The molecule has 0 atom stereocenters. The molecular formula is C20H28N4O. The third-order valence-electron chi connectivity index (χ3n) is 5.14. The normalized spacial score (nSPS) is 15.2. The summed E-state index contributed by atoms with van der Waals surface area (Å²) >= 11 is 0. The van der Waals surface area contributed by atoms with E-state index in [1.54, 1.807) is 0 Å². The van der Waals surface area contributed by atoms with Crippen LogP contribution in [0.15, 0.2) is 24.3 Å². The van der Waals surface area contributed by atoms with Gasteiger partial charge >= 0.3 is 6.03 Å². The van der Waals surface area contributed by atoms with Gasteiger partial charge in [-0.25, -0.2) is 4.79 Å². The maximum absolute atomic E-state index is 12.3. The largest absolute Gasteiger partial charge is 0.335 e. The molecule has 2 aromatic rings. The van der Waals surface area contributed by atoms with Crippen molar-refractivity contribution in [3.05, 3.63) is 46.8 Å². The van der Waals surface area contributed by atoms with Crippen LogP contribution in [0.4, 0.5) is 10.5 Å². The van der Waals surface area contributed by atoms with E-state index in [4.69, 9.17) is 0 Å². The molecule has 0 unspecified atom stereocenters. The van der Waals surface area contributed by atoms with Gasteiger partial charge in [-0.15, -0.1) is 0 Å². The first-order valence-electron chi connectivity index (χ1n) is 9.20. The summed E-state index contributed by atoms with van der Waals surface area (Å²) in [5.74, 6) is 0. The van der Waals surface area contributed by atoms with Gasteiger partial charge in [0.05, 0.1) is 23.6 Å². The SMILES string of the molecule is Cc1ccccc1Cn1nc(C)c(NC(=O)NC2CCCCC2)c1C. The first-order chi connectivity index (χ1) is 12.0. The Kier molecular flexibility index (Phi) is 5.41. The van der Waals surface area contributed by atoms with Gasteiger partial charge in [-0.2, -0.15) is 5.10 Å². The van der Waals surface area contributed by atoms with Crippen LogP contribution in [0.1, 0.15) is 54.6 Å². The Morgan fingerprint density at radius 2 is 1.88 bits per heavy atom. The number of rotatable bonds is 4. The predicted molar refractivity (Wildman–Crippen MR) is 101 cm³/mol. The van der Waals surface area contributed by atoms with Crippen LogP contribution in [0.25, 0.3) is 0 Å². The smallest absolute Gasteiger partial charge is 0.319 e. The number of amides is 2. The van der Waals surface area contributed by atoms with Crippen LogP contribution in [-0.4, -0.2) is 21.9 Å². The molecule has 2 amide bonds. The molecule has 134 valence electrons. The van der Waals surface area contributed by atoms with Gasteiger partial charge in [0, 0.05) is 6.04 Å². The third-order valence-corrected chi connectivity index (χ3v) is 5.14. The van der Waals surface area contributed by atoms with Crippen molar-refractivity contribution in [3.63, 3.8) is 0 Å². The van der Waals surface area contributed by atoms with Crippen molar-refractivity contribution in [2.45, 2.75) is 65.5 Å². The fourth-order valence-electron chi connectivity index (χ4n) is 3.56. The highest BCUT2D eigenvalue weighted by Gasteiger charge is 2.18. The van der Waals surface area contributed by atoms with Crippen molar-refractivity contribution >= 4 is 11.7 Å². The summed E-state index contributed by atoms with van der Waals surface area (Å²) in [6.45, 7) is 6.77. The number of carbonyl (C=O) groups is 1. The van der Waals surface area contributed by atoms with Crippen molar-refractivity contribution in [2.75, 3.05) is 5.32 Å². The lowest BCUT2D eigenvalue weighted by Gasteiger charge is -2.22. The summed E-state index contributed by atoms with van der Waals surface area (Å²) in [7, 11) is 0. The van der Waals surface area contributed by atoms with Gasteiger partial charge in [0.2, 0.25) is 0 Å². The first kappa shape index (κ1) is 17.5. The highest BCUT2D eigenvalue weighted by molar-refractivity contribution is 5.90. The van der Waals surface area contributed by atoms with Crippen LogP contribution in [0, 0.1) is 20.8 Å². The number of aryl methyl sites for hydroxylation is 2. The second-order valence-electron chi connectivity index (χ2n) is 7.06. The summed E-state index contributed by atoms with van der Waals surface area (Å²) in [6, 6.07) is 8.50. The molecule has 1 aliphatic rings. The molecule has 0 saturated heterocycles. The molecule has 0 aliphatic heterocycles. The highest BCUT2D eigenvalue weighted by Crippen LogP contribution is 2.22. The number of hydrogen-bond donors (Lipinski definition) is 2. The molecule has 1 aromatic heterocycles. The summed E-state index contributed by atoms with van der Waals surface area (Å²) in [6.07, 6.45) is 5.86. The van der Waals surface area contributed by atoms with Crippen LogP contribution >= 0.6 is 0 Å². The molecule has 25 heavy (non-hydrogen) atoms. The quantitative estimate of drug-likeness (QED) is 0.871. The molecule has 1 saturated carbocycles. The minimum absolute atomic E-state index is 0.117. The van der Waals surface area contributed by atoms with E-state index in [-0.39, 0.29) is 6.03 Å². The zero-order chi connectivity index (χ0) is 17.8. The van der Waals surface area contributed by atoms with Crippen molar-refractivity contribution in [1.82, 2.24) is 15.1 Å². The molecule has 0 radical (unpaired) electrons. The lowest BCUT2D eigenvalue weighted by Crippen LogP contribution is -2.39. The number of aromatic nitrogens is 2. The second-order valence-corrected chi connectivity index (χ2v) is 7.06. The summed E-state index contributed by atoms with van der Waals surface area (Å²) in [5, 5.41) is 10.7. The topological polar surface area (TPSA) is 59.0 Å². The van der Waals surface area contributed by atoms with Crippen molar-refractivity contribution in [1.29, 1.82) is 0 Å². The van der Waals surface area contributed by atoms with E-state index in [9.17, 15) is 4.79 Å². The van der Waals surface area contributed by atoms with Gasteiger partial charge in [-0.05, 0) is 44.7 Å². The van der Waals surface area contributed by atoms with Crippen molar-refractivity contribution in [2.24, 2.45) is 0 Å². The number of urea groups is 1. The van der Waals surface area contributed by atoms with Crippen LogP contribution < -0.4 is 10.6 Å². The van der Waals surface area contributed by atoms with Crippen molar-refractivity contribution in [3.8, 4) is 0 Å². The van der Waals surface area contributed by atoms with Gasteiger partial charge in [-0.1, -0.05) is 43.5 Å². The highest BCUT2D eigenvalue weighted by atomic mass is 16.2. The number of nitrogens with one attached hydrogen (secondary N) is 2. The fraction of sp³-hybridized carbons (Fsp3) is 0.500. The van der Waals surface area contributed by atoms with E-state index in [1.807, 2.05) is 30.7 Å². The zero-order valence-electron chi connectivity index (χ0n) is 15.4. The van der Waals surface area contributed by atoms with Gasteiger partial charge in [0.15, 0.2) is 0 Å². The van der Waals surface area contributed by atoms with Gasteiger partial charge in [0.25, 0.3) is 0 Å². The molecule has 1 aliphatic carbocycles. The third kappa shape index (κ3) is 4.21. The monoisotopic (exact) mass is 340 g/mol. The summed E-state index contributed by atoms with van der Waals surface area (Å²) < 4.78 is 1.97. The second kappa shape index (κ2) is 7.72. The predicted octanol–water partition coefficient (Wildman–Crippen LogP) is 4.31. The number of anilines is 1. The van der Waals surface area contributed by atoms with E-state index >= 15 is 0 Å². The van der Waals surface area contributed by atoms with Crippen LogP contribution in [0.5, 0.6) is 0 Å². The van der Waals surface area contributed by atoms with Crippen LogP contribution in [0.2, 0.25) is 0 Å². The summed E-state index contributed by atoms with van der Waals surface area (Å²) in [4.78, 5) is 12.3. The Balaban J connectivity index is 1.69. The Labute approximate surface area is 149 Å². The molecule has 0 bridgehead atoms. The molecule has 5 nitrogen and oxygen atoms in total. The molecule has 0 spiro atoms. The lowest BCUT2D eigenvalue weighted by atomic mass is 9.96. The number of carbonyl (C=O) groups excluding carboxylic acids is 1. The molecular weight excluding hydrogens is 312 g/mol. The molecule has 1 fully saturated rings. The Morgan fingerprint density at radius 3 is 2.60 bits per heavy atom. The van der Waals surface area contributed by atoms with E-state index in [0.717, 1.165) is 29.9 Å². The fourth-order valence-corrected chi connectivity index (χ4v) is 3.56. The molecule has 1 aromatic carbocycles. The molecule has 2 N–H and O–H groups in total. The maximum atomic E-state index is 12.3. The van der Waals surface area contributed by atoms with Crippen molar-refractivity contribution < 1.29 is 4.79 Å². The van der Waals surface area contributed by atoms with Crippen LogP contribution in [0.3, 0.4) is 0 Å². The number of benzene rings is 1. The minimum Gasteiger partial charge on any atom is -0.335 e. The Hall–Kier alpha value is -2.30. The summed E-state index contributed by atoms with van der Waals surface area (Å²) in [5.41, 5.74) is 5.15. The van der Waals surface area contributed by atoms with Gasteiger partial charge < -0.3 is 10.6 Å². The zero-order valence-corrected chi connectivity index (χ0v) is 15.4. The maximum Gasteiger partial charge on any atom is 0.319 e. The standard InChI is InChI=1S/C20H28N4O/c1-14-9-7-8-10-17(14)13-24-16(3)19(15(2)23-24)22-20(25)21-18-11-5-4-6-12-18/h7-10,18H,4-6,11-13H2,1-3H3,(H2,21,22,25). The van der Waals surface area contributed by atoms with E-state index < -0.39 is 0 Å². The minimum atomic E-state index is -0.117. The number of hydrogen-bond acceptors (Lipinski definition) is 2. The molecule has 3 rings (SSSR count). The van der Waals surface area contributed by atoms with Gasteiger partial charge in [-0.3, -0.25) is 4.68 Å². The number of nitrogens with zero attached hydrogens (tertiary/aromatic N) is 2. The lowest BCUT2D eigenvalue weighted by molar-refractivity contribution is 0.244. The first-order valence-corrected chi connectivity index (χ1v) is 9.20. The van der Waals surface area contributed by atoms with Crippen LogP contribution in [-0.2, 0) is 6.54 Å². The van der Waals surface area contributed by atoms with Gasteiger partial charge in [0.1, 0.15) is 0 Å². The molecule has 5 heteroatoms. The Bertz CT molecular complexity index is 744. The Morgan fingerprint density at radius 1 is 1.16 bits per heavy atom. The average Bonchev–Trinajstić information content (AvgIpc) is 2.85. The molecule has 1 heterocycles.